The summed E-state index contributed by atoms with van der Waals surface area (Å²) in [5.41, 5.74) is 2.50. The lowest BCUT2D eigenvalue weighted by atomic mass is 10.2. The van der Waals surface area contributed by atoms with E-state index in [2.05, 4.69) is 10.3 Å². The first-order valence-corrected chi connectivity index (χ1v) is 11.0. The zero-order chi connectivity index (χ0) is 21.1. The van der Waals surface area contributed by atoms with Crippen molar-refractivity contribution < 1.29 is 14.3 Å². The lowest BCUT2D eigenvalue weighted by Crippen LogP contribution is -2.45. The molecule has 1 fully saturated rings. The van der Waals surface area contributed by atoms with Crippen LogP contribution >= 0.6 is 11.8 Å². The third-order valence-electron chi connectivity index (χ3n) is 5.21. The van der Waals surface area contributed by atoms with Gasteiger partial charge in [0.1, 0.15) is 24.2 Å². The predicted octanol–water partition coefficient (Wildman–Crippen LogP) is 3.15. The number of nitrogens with one attached hydrogen (secondary N) is 1. The highest BCUT2D eigenvalue weighted by Gasteiger charge is 2.35. The zero-order valence-electron chi connectivity index (χ0n) is 17.0. The highest BCUT2D eigenvalue weighted by molar-refractivity contribution is 7.99. The first-order chi connectivity index (χ1) is 14.6. The number of hydrogen-bond acceptors (Lipinski definition) is 5. The topological polar surface area (TPSA) is 76.5 Å². The number of anilines is 1. The number of thioether (sulfide) groups is 1. The Morgan fingerprint density at radius 3 is 2.70 bits per heavy atom. The van der Waals surface area contributed by atoms with Gasteiger partial charge in [-0.2, -0.15) is 0 Å². The van der Waals surface area contributed by atoms with Gasteiger partial charge in [-0.3, -0.25) is 9.59 Å². The van der Waals surface area contributed by atoms with E-state index in [1.165, 1.54) is 0 Å². The molecule has 1 atom stereocenters. The average molecular weight is 425 g/mol. The number of aryl methyl sites for hydroxylation is 1. The Labute approximate surface area is 179 Å². The SMILES string of the molecule is CCc1nc2ccccc2n1CC(=O)N1CSCC1C(=O)Nc1ccc(OC)cc1. The number of amides is 2. The van der Waals surface area contributed by atoms with Crippen molar-refractivity contribution in [2.75, 3.05) is 24.1 Å². The van der Waals surface area contributed by atoms with Crippen LogP contribution in [0.25, 0.3) is 11.0 Å². The molecule has 0 bridgehead atoms. The van der Waals surface area contributed by atoms with Crippen LogP contribution in [0, 0.1) is 0 Å². The van der Waals surface area contributed by atoms with Gasteiger partial charge < -0.3 is 19.5 Å². The fraction of sp³-hybridized carbons (Fsp3) is 0.318. The highest BCUT2D eigenvalue weighted by atomic mass is 32.2. The molecule has 1 saturated heterocycles. The number of fused-ring (bicyclic) bond motifs is 1. The fourth-order valence-electron chi connectivity index (χ4n) is 3.60. The number of imidazole rings is 1. The molecule has 1 unspecified atom stereocenters. The molecule has 4 rings (SSSR count). The van der Waals surface area contributed by atoms with Crippen molar-refractivity contribution in [2.45, 2.75) is 25.9 Å². The van der Waals surface area contributed by atoms with Gasteiger partial charge >= 0.3 is 0 Å². The van der Waals surface area contributed by atoms with Crippen molar-refractivity contribution in [1.82, 2.24) is 14.5 Å². The normalized spacial score (nSPS) is 16.1. The Morgan fingerprint density at radius 1 is 1.20 bits per heavy atom. The minimum atomic E-state index is -0.496. The van der Waals surface area contributed by atoms with E-state index in [0.717, 1.165) is 29.0 Å². The number of carbonyl (C=O) groups excluding carboxylic acids is 2. The largest absolute Gasteiger partial charge is 0.497 e. The highest BCUT2D eigenvalue weighted by Crippen LogP contribution is 2.24. The van der Waals surface area contributed by atoms with Crippen LogP contribution in [0.2, 0.25) is 0 Å². The van der Waals surface area contributed by atoms with Gasteiger partial charge in [-0.15, -0.1) is 11.8 Å². The molecule has 2 heterocycles. The number of para-hydroxylation sites is 2. The van der Waals surface area contributed by atoms with Crippen LogP contribution in [-0.2, 0) is 22.6 Å². The molecule has 1 aromatic heterocycles. The van der Waals surface area contributed by atoms with Gasteiger partial charge in [-0.25, -0.2) is 4.98 Å². The van der Waals surface area contributed by atoms with Gasteiger partial charge in [-0.05, 0) is 36.4 Å². The average Bonchev–Trinajstić information content (AvgIpc) is 3.39. The molecule has 7 nitrogen and oxygen atoms in total. The molecule has 1 N–H and O–H groups in total. The summed E-state index contributed by atoms with van der Waals surface area (Å²) >= 11 is 1.59. The molecule has 0 spiro atoms. The standard InChI is InChI=1S/C22H24N4O3S/c1-3-20-24-17-6-4-5-7-18(17)25(20)12-21(27)26-14-30-13-19(26)22(28)23-15-8-10-16(29-2)11-9-15/h4-11,19H,3,12-14H2,1-2H3,(H,23,28). The van der Waals surface area contributed by atoms with Crippen LogP contribution in [0.1, 0.15) is 12.7 Å². The lowest BCUT2D eigenvalue weighted by molar-refractivity contribution is -0.136. The summed E-state index contributed by atoms with van der Waals surface area (Å²) in [6.45, 7) is 2.20. The maximum Gasteiger partial charge on any atom is 0.248 e. The van der Waals surface area contributed by atoms with Gasteiger partial charge in [0, 0.05) is 17.9 Å². The van der Waals surface area contributed by atoms with Gasteiger partial charge in [0.15, 0.2) is 0 Å². The number of nitrogens with zero attached hydrogens (tertiary/aromatic N) is 3. The van der Waals surface area contributed by atoms with Crippen molar-refractivity contribution in [1.29, 1.82) is 0 Å². The summed E-state index contributed by atoms with van der Waals surface area (Å²) in [6.07, 6.45) is 0.734. The number of ether oxygens (including phenoxy) is 1. The van der Waals surface area contributed by atoms with E-state index in [0.29, 0.717) is 17.3 Å². The lowest BCUT2D eigenvalue weighted by Gasteiger charge is -2.24. The van der Waals surface area contributed by atoms with Gasteiger partial charge in [0.05, 0.1) is 24.0 Å². The zero-order valence-corrected chi connectivity index (χ0v) is 17.8. The molecule has 8 heteroatoms. The predicted molar refractivity (Wildman–Crippen MR) is 119 cm³/mol. The third-order valence-corrected chi connectivity index (χ3v) is 6.22. The second kappa shape index (κ2) is 8.79. The van der Waals surface area contributed by atoms with E-state index >= 15 is 0 Å². The van der Waals surface area contributed by atoms with Crippen LogP contribution in [0.5, 0.6) is 5.75 Å². The van der Waals surface area contributed by atoms with E-state index in [4.69, 9.17) is 4.74 Å². The van der Waals surface area contributed by atoms with E-state index in [1.807, 2.05) is 35.8 Å². The number of aromatic nitrogens is 2. The Bertz CT molecular complexity index is 1060. The molecule has 30 heavy (non-hydrogen) atoms. The molecule has 2 aromatic carbocycles. The Balaban J connectivity index is 1.49. The van der Waals surface area contributed by atoms with Crippen molar-refractivity contribution in [3.63, 3.8) is 0 Å². The molecular weight excluding hydrogens is 400 g/mol. The summed E-state index contributed by atoms with van der Waals surface area (Å²) in [4.78, 5) is 32.3. The van der Waals surface area contributed by atoms with Crippen LogP contribution < -0.4 is 10.1 Å². The van der Waals surface area contributed by atoms with Gasteiger partial charge in [-0.1, -0.05) is 19.1 Å². The molecular formula is C22H24N4O3S. The minimum Gasteiger partial charge on any atom is -0.497 e. The summed E-state index contributed by atoms with van der Waals surface area (Å²) in [6, 6.07) is 14.5. The molecule has 3 aromatic rings. The van der Waals surface area contributed by atoms with E-state index < -0.39 is 6.04 Å². The van der Waals surface area contributed by atoms with E-state index in [1.54, 1.807) is 48.0 Å². The van der Waals surface area contributed by atoms with E-state index in [9.17, 15) is 9.59 Å². The number of benzene rings is 2. The minimum absolute atomic E-state index is 0.0762. The van der Waals surface area contributed by atoms with E-state index in [-0.39, 0.29) is 18.4 Å². The second-order valence-electron chi connectivity index (χ2n) is 7.05. The Kier molecular flexibility index (Phi) is 5.94. The molecule has 1 aliphatic rings. The summed E-state index contributed by atoms with van der Waals surface area (Å²) in [5, 5.41) is 2.91. The quantitative estimate of drug-likeness (QED) is 0.658. The molecule has 0 aliphatic carbocycles. The second-order valence-corrected chi connectivity index (χ2v) is 8.05. The van der Waals surface area contributed by atoms with Crippen LogP contribution in [-0.4, -0.2) is 51.0 Å². The fourth-order valence-corrected chi connectivity index (χ4v) is 4.78. The van der Waals surface area contributed by atoms with Gasteiger partial charge in [0.25, 0.3) is 0 Å². The molecule has 2 amide bonds. The van der Waals surface area contributed by atoms with Crippen molar-refractivity contribution in [3.8, 4) is 5.75 Å². The van der Waals surface area contributed by atoms with Crippen LogP contribution in [0.4, 0.5) is 5.69 Å². The van der Waals surface area contributed by atoms with Crippen molar-refractivity contribution in [3.05, 3.63) is 54.4 Å². The van der Waals surface area contributed by atoms with Gasteiger partial charge in [0.2, 0.25) is 11.8 Å². The third kappa shape index (κ3) is 4.00. The summed E-state index contributed by atoms with van der Waals surface area (Å²) in [7, 11) is 1.60. The summed E-state index contributed by atoms with van der Waals surface area (Å²) < 4.78 is 7.10. The monoisotopic (exact) mass is 424 g/mol. The Hall–Kier alpha value is -3.00. The van der Waals surface area contributed by atoms with Crippen molar-refractivity contribution >= 4 is 40.3 Å². The maximum absolute atomic E-state index is 13.1. The first-order valence-electron chi connectivity index (χ1n) is 9.87. The molecule has 156 valence electrons. The number of rotatable bonds is 6. The maximum atomic E-state index is 13.1. The molecule has 1 aliphatic heterocycles. The van der Waals surface area contributed by atoms with Crippen molar-refractivity contribution in [2.24, 2.45) is 0 Å². The van der Waals surface area contributed by atoms with Crippen LogP contribution in [0.3, 0.4) is 0 Å². The molecule has 0 saturated carbocycles. The smallest absolute Gasteiger partial charge is 0.248 e. The Morgan fingerprint density at radius 2 is 1.97 bits per heavy atom. The number of methoxy groups -OCH3 is 1. The number of carbonyl (C=O) groups is 2. The first kappa shape index (κ1) is 20.3. The number of hydrogen-bond donors (Lipinski definition) is 1. The summed E-state index contributed by atoms with van der Waals surface area (Å²) in [5.74, 6) is 2.43. The molecule has 0 radical (unpaired) electrons. The van der Waals surface area contributed by atoms with Crippen LogP contribution in [0.15, 0.2) is 48.5 Å².